The Bertz CT molecular complexity index is 687. The second-order valence-corrected chi connectivity index (χ2v) is 11.3. The number of rotatable bonds is 29. The summed E-state index contributed by atoms with van der Waals surface area (Å²) in [5.41, 5.74) is 0. The number of amides is 2. The molecule has 9 nitrogen and oxygen atoms in total. The number of nitrogens with one attached hydrogen (secondary N) is 2. The fourth-order valence-corrected chi connectivity index (χ4v) is 4.77. The van der Waals surface area contributed by atoms with Crippen LogP contribution in [-0.2, 0) is 23.9 Å². The summed E-state index contributed by atoms with van der Waals surface area (Å²) in [4.78, 5) is 46.9. The van der Waals surface area contributed by atoms with Crippen LogP contribution >= 0.6 is 0 Å². The van der Waals surface area contributed by atoms with Gasteiger partial charge in [0.15, 0.2) is 0 Å². The lowest BCUT2D eigenvalue weighted by molar-refractivity contribution is -0.150. The Labute approximate surface area is 249 Å². The van der Waals surface area contributed by atoms with E-state index in [9.17, 15) is 19.2 Å². The molecule has 2 amide bonds. The predicted molar refractivity (Wildman–Crippen MR) is 162 cm³/mol. The van der Waals surface area contributed by atoms with Crippen LogP contribution in [0.25, 0.3) is 0 Å². The number of ether oxygens (including phenoxy) is 1. The summed E-state index contributed by atoms with van der Waals surface area (Å²) >= 11 is 0. The predicted octanol–water partition coefficient (Wildman–Crippen LogP) is 6.20. The van der Waals surface area contributed by atoms with E-state index in [1.54, 1.807) is 0 Å². The Morgan fingerprint density at radius 2 is 1.10 bits per heavy atom. The molecule has 9 heteroatoms. The molecule has 4 N–H and O–H groups in total. The molecular formula is C32H60N2O7. The minimum absolute atomic E-state index is 0.00158. The van der Waals surface area contributed by atoms with Gasteiger partial charge in [-0.05, 0) is 38.5 Å². The third-order valence-electron chi connectivity index (χ3n) is 7.35. The lowest BCUT2D eigenvalue weighted by Gasteiger charge is -2.18. The van der Waals surface area contributed by atoms with Crippen molar-refractivity contribution in [1.29, 1.82) is 0 Å². The van der Waals surface area contributed by atoms with Gasteiger partial charge in [0.05, 0.1) is 13.2 Å². The van der Waals surface area contributed by atoms with E-state index in [1.807, 2.05) is 0 Å². The SMILES string of the molecule is CCCCCCCCCC(=O)OC(CCCCCCCC)CCCCCCCC(=O)NCC(=O)NC(CO)C(=O)O. The Kier molecular flexibility index (Phi) is 26.5. The molecule has 0 aromatic heterocycles. The summed E-state index contributed by atoms with van der Waals surface area (Å²) in [6, 6.07) is -1.38. The second-order valence-electron chi connectivity index (χ2n) is 11.3. The largest absolute Gasteiger partial charge is 0.480 e. The van der Waals surface area contributed by atoms with Crippen LogP contribution in [0, 0.1) is 0 Å². The zero-order valence-corrected chi connectivity index (χ0v) is 26.1. The number of aliphatic hydroxyl groups excluding tert-OH is 1. The number of unbranched alkanes of at least 4 members (excludes halogenated alkanes) is 15. The molecule has 2 unspecified atom stereocenters. The van der Waals surface area contributed by atoms with Gasteiger partial charge in [0, 0.05) is 12.8 Å². The summed E-state index contributed by atoms with van der Waals surface area (Å²) in [6.07, 6.45) is 22.9. The van der Waals surface area contributed by atoms with Crippen LogP contribution in [0.3, 0.4) is 0 Å². The van der Waals surface area contributed by atoms with E-state index in [-0.39, 0.29) is 24.5 Å². The highest BCUT2D eigenvalue weighted by Crippen LogP contribution is 2.18. The van der Waals surface area contributed by atoms with Crippen LogP contribution in [0.15, 0.2) is 0 Å². The molecule has 0 saturated heterocycles. The first-order chi connectivity index (χ1) is 19.8. The Balaban J connectivity index is 4.16. The van der Waals surface area contributed by atoms with E-state index >= 15 is 0 Å². The summed E-state index contributed by atoms with van der Waals surface area (Å²) in [5, 5.41) is 22.4. The Morgan fingerprint density at radius 1 is 0.634 bits per heavy atom. The number of hydrogen-bond acceptors (Lipinski definition) is 6. The quantitative estimate of drug-likeness (QED) is 0.0606. The van der Waals surface area contributed by atoms with Gasteiger partial charge in [-0.25, -0.2) is 4.79 Å². The molecule has 240 valence electrons. The molecule has 0 saturated carbocycles. The van der Waals surface area contributed by atoms with Crippen LogP contribution < -0.4 is 10.6 Å². The minimum Gasteiger partial charge on any atom is -0.480 e. The molecular weight excluding hydrogens is 524 g/mol. The van der Waals surface area contributed by atoms with Crippen molar-refractivity contribution in [1.82, 2.24) is 10.6 Å². The van der Waals surface area contributed by atoms with Crippen LogP contribution in [0.4, 0.5) is 0 Å². The zero-order chi connectivity index (χ0) is 30.6. The van der Waals surface area contributed by atoms with E-state index in [0.29, 0.717) is 19.3 Å². The van der Waals surface area contributed by atoms with E-state index in [0.717, 1.165) is 57.8 Å². The molecule has 0 rings (SSSR count). The van der Waals surface area contributed by atoms with Crippen LogP contribution in [-0.4, -0.2) is 59.3 Å². The molecule has 0 aliphatic carbocycles. The fourth-order valence-electron chi connectivity index (χ4n) is 4.77. The maximum atomic E-state index is 12.5. The highest BCUT2D eigenvalue weighted by atomic mass is 16.5. The van der Waals surface area contributed by atoms with Crippen molar-refractivity contribution in [2.24, 2.45) is 0 Å². The number of carboxylic acid groups (broad SMARTS) is 1. The fraction of sp³-hybridized carbons (Fsp3) is 0.875. The van der Waals surface area contributed by atoms with E-state index in [4.69, 9.17) is 14.9 Å². The molecule has 0 radical (unpaired) electrons. The van der Waals surface area contributed by atoms with E-state index in [2.05, 4.69) is 24.5 Å². The van der Waals surface area contributed by atoms with Crippen LogP contribution in [0.5, 0.6) is 0 Å². The van der Waals surface area contributed by atoms with Crippen molar-refractivity contribution >= 4 is 23.8 Å². The maximum Gasteiger partial charge on any atom is 0.328 e. The molecule has 0 bridgehead atoms. The minimum atomic E-state index is -1.38. The molecule has 0 aromatic rings. The van der Waals surface area contributed by atoms with Gasteiger partial charge < -0.3 is 25.6 Å². The van der Waals surface area contributed by atoms with Crippen molar-refractivity contribution in [3.05, 3.63) is 0 Å². The van der Waals surface area contributed by atoms with Crippen molar-refractivity contribution in [3.63, 3.8) is 0 Å². The van der Waals surface area contributed by atoms with E-state index in [1.165, 1.54) is 64.2 Å². The second kappa shape index (κ2) is 28.0. The number of aliphatic carboxylic acids is 1. The van der Waals surface area contributed by atoms with Crippen molar-refractivity contribution in [2.75, 3.05) is 13.2 Å². The standard InChI is InChI=1S/C32H60N2O7/c1-3-5-7-9-11-16-20-24-31(38)41-27(21-17-13-10-8-6-4-2)22-18-14-12-15-19-23-29(36)33-25-30(37)34-28(26-35)32(39)40/h27-28,35H,3-26H2,1-2H3,(H,33,36)(H,34,37)(H,39,40). The first-order valence-electron chi connectivity index (χ1n) is 16.4. The number of carbonyl (C=O) groups is 4. The number of aliphatic hydroxyl groups is 1. The number of carboxylic acids is 1. The van der Waals surface area contributed by atoms with Gasteiger partial charge in [-0.1, -0.05) is 104 Å². The first kappa shape index (κ1) is 38.8. The van der Waals surface area contributed by atoms with Gasteiger partial charge in [0.2, 0.25) is 11.8 Å². The molecule has 0 heterocycles. The molecule has 41 heavy (non-hydrogen) atoms. The molecule has 0 aliphatic heterocycles. The summed E-state index contributed by atoms with van der Waals surface area (Å²) in [5.74, 6) is -2.30. The molecule has 0 spiro atoms. The Hall–Kier alpha value is -2.16. The third kappa shape index (κ3) is 25.3. The van der Waals surface area contributed by atoms with E-state index < -0.39 is 24.5 Å². The summed E-state index contributed by atoms with van der Waals surface area (Å²) in [7, 11) is 0. The molecule has 2 atom stereocenters. The van der Waals surface area contributed by atoms with Gasteiger partial charge >= 0.3 is 11.9 Å². The highest BCUT2D eigenvalue weighted by Gasteiger charge is 2.19. The highest BCUT2D eigenvalue weighted by molar-refractivity contribution is 5.87. The Morgan fingerprint density at radius 3 is 1.59 bits per heavy atom. The third-order valence-corrected chi connectivity index (χ3v) is 7.35. The van der Waals surface area contributed by atoms with Gasteiger partial charge in [0.1, 0.15) is 12.1 Å². The first-order valence-corrected chi connectivity index (χ1v) is 16.4. The average Bonchev–Trinajstić information content (AvgIpc) is 2.95. The van der Waals surface area contributed by atoms with Gasteiger partial charge in [-0.3, -0.25) is 14.4 Å². The monoisotopic (exact) mass is 584 g/mol. The van der Waals surface area contributed by atoms with Gasteiger partial charge in [-0.15, -0.1) is 0 Å². The maximum absolute atomic E-state index is 12.5. The topological polar surface area (TPSA) is 142 Å². The van der Waals surface area contributed by atoms with Crippen molar-refractivity contribution < 1.29 is 34.1 Å². The lowest BCUT2D eigenvalue weighted by atomic mass is 10.0. The molecule has 0 aromatic carbocycles. The van der Waals surface area contributed by atoms with Gasteiger partial charge in [-0.2, -0.15) is 0 Å². The number of carbonyl (C=O) groups excluding carboxylic acids is 3. The van der Waals surface area contributed by atoms with Gasteiger partial charge in [0.25, 0.3) is 0 Å². The molecule has 0 aliphatic rings. The van der Waals surface area contributed by atoms with Crippen LogP contribution in [0.1, 0.15) is 155 Å². The summed E-state index contributed by atoms with van der Waals surface area (Å²) in [6.45, 7) is 3.41. The van der Waals surface area contributed by atoms with Crippen molar-refractivity contribution in [3.8, 4) is 0 Å². The van der Waals surface area contributed by atoms with Crippen molar-refractivity contribution in [2.45, 2.75) is 167 Å². The molecule has 0 fully saturated rings. The normalized spacial score (nSPS) is 12.5. The zero-order valence-electron chi connectivity index (χ0n) is 26.1. The smallest absolute Gasteiger partial charge is 0.328 e. The number of esters is 1. The average molecular weight is 585 g/mol. The number of hydrogen-bond donors (Lipinski definition) is 4. The summed E-state index contributed by atoms with van der Waals surface area (Å²) < 4.78 is 5.90. The van der Waals surface area contributed by atoms with Crippen LogP contribution in [0.2, 0.25) is 0 Å². The lowest BCUT2D eigenvalue weighted by Crippen LogP contribution is -2.47.